The normalized spacial score (nSPS) is 18.7. The molecule has 10 amide bonds. The lowest BCUT2D eigenvalue weighted by molar-refractivity contribution is -0.138. The van der Waals surface area contributed by atoms with Crippen molar-refractivity contribution in [2.24, 2.45) is 5.73 Å². The molecule has 0 aliphatic carbocycles. The molecule has 6 unspecified atom stereocenters. The first-order chi connectivity index (χ1) is 45.0. The standard InChI is InChI=1S/C69H62N14O10/c1-37(84)74-39-28-55(82(34-39)59(87)33-73-69(93)61-45-20-8-13-25-51(45)79-62-46-21-9-14-26-52(46)80-63(61)62)66(90)76-41-29-56(83(36-41)58(86)32-72-68(92)60-43-18-6-11-23-49(43)77-50-24-12-7-19-44(50)60)67(91)75-40-27-54(64(70)88)81(35-40)57(85)31-71-65(89)47-30-53(38-15-3-2-4-16-38)78-48-22-10-5-17-42(47)48/h2-26,30,39-41,54-56,80H,27-29,31-36H2,1H3,(H2,70,88)(H,71,89)(H,72,92)(H,73,93)(H,74,84)(H,75,91)(H,76,90). The number of hydrogen-bond donors (Lipinski definition) is 8. The van der Waals surface area contributed by atoms with Gasteiger partial charge >= 0.3 is 0 Å². The molecule has 0 spiro atoms. The Hall–Kier alpha value is -11.7. The van der Waals surface area contributed by atoms with Crippen molar-refractivity contribution in [1.29, 1.82) is 0 Å². The van der Waals surface area contributed by atoms with E-state index in [0.29, 0.717) is 60.3 Å². The SMILES string of the molecule is CC(=O)NC1CC(C(=O)NC2CC(C(=O)NC3CC(C(N)=O)N(C(=O)CNC(=O)c4cc(-c5ccccc5)nc5ccccc45)C3)N(C(=O)CNC(=O)c3c4ccccc4nc4ccccc34)C2)N(C(=O)CNC(=O)c2c3ccccc3nc3c2[nH]c2ccccc23)C1. The summed E-state index contributed by atoms with van der Waals surface area (Å²) in [4.78, 5) is 162. The number of aromatic nitrogens is 4. The van der Waals surface area contributed by atoms with Gasteiger partial charge in [0.2, 0.25) is 41.4 Å². The molecule has 93 heavy (non-hydrogen) atoms. The molecular formula is C69H62N14O10. The maximum atomic E-state index is 14.8. The molecule has 0 saturated carbocycles. The van der Waals surface area contributed by atoms with E-state index in [4.69, 9.17) is 20.7 Å². The number of benzene rings is 6. The Morgan fingerprint density at radius 3 is 1.42 bits per heavy atom. The number of primary amides is 1. The molecule has 24 nitrogen and oxygen atoms in total. The number of H-pyrrole nitrogens is 1. The summed E-state index contributed by atoms with van der Waals surface area (Å²) in [5, 5.41) is 19.9. The van der Waals surface area contributed by atoms with E-state index in [0.717, 1.165) is 16.5 Å². The van der Waals surface area contributed by atoms with Crippen LogP contribution in [-0.4, -0.2) is 169 Å². The van der Waals surface area contributed by atoms with E-state index in [1.54, 1.807) is 97.1 Å². The second-order valence-electron chi connectivity index (χ2n) is 23.5. The number of pyridine rings is 3. The minimum absolute atomic E-state index is 0.0170. The minimum Gasteiger partial charge on any atom is -0.368 e. The van der Waals surface area contributed by atoms with E-state index >= 15 is 0 Å². The molecule has 10 aromatic rings. The van der Waals surface area contributed by atoms with Gasteiger partial charge in [0.25, 0.3) is 17.7 Å². The highest BCUT2D eigenvalue weighted by atomic mass is 16.2. The molecule has 9 N–H and O–H groups in total. The van der Waals surface area contributed by atoms with Crippen LogP contribution in [0.4, 0.5) is 0 Å². The third-order valence-corrected chi connectivity index (χ3v) is 17.5. The summed E-state index contributed by atoms with van der Waals surface area (Å²) in [7, 11) is 0. The van der Waals surface area contributed by atoms with E-state index in [1.165, 1.54) is 21.6 Å². The summed E-state index contributed by atoms with van der Waals surface area (Å²) in [6, 6.07) is 40.7. The quantitative estimate of drug-likeness (QED) is 0.0632. The fourth-order valence-corrected chi connectivity index (χ4v) is 13.2. The predicted molar refractivity (Wildman–Crippen MR) is 346 cm³/mol. The summed E-state index contributed by atoms with van der Waals surface area (Å²) >= 11 is 0. The number of rotatable bonds is 16. The summed E-state index contributed by atoms with van der Waals surface area (Å²) in [5.41, 5.74) is 12.0. The summed E-state index contributed by atoms with van der Waals surface area (Å²) in [6.07, 6.45) is -0.299. The number of nitrogens with two attached hydrogens (primary N) is 1. The topological polar surface area (TPSA) is 333 Å². The highest BCUT2D eigenvalue weighted by Gasteiger charge is 2.46. The molecule has 13 rings (SSSR count). The van der Waals surface area contributed by atoms with Crippen LogP contribution >= 0.6 is 0 Å². The van der Waals surface area contributed by atoms with Gasteiger partial charge in [-0.25, -0.2) is 15.0 Å². The molecule has 3 fully saturated rings. The van der Waals surface area contributed by atoms with E-state index in [2.05, 4.69) is 36.9 Å². The van der Waals surface area contributed by atoms with Gasteiger partial charge in [-0.3, -0.25) is 47.9 Å². The first-order valence-electron chi connectivity index (χ1n) is 30.5. The maximum absolute atomic E-state index is 14.8. The zero-order valence-corrected chi connectivity index (χ0v) is 50.2. The Labute approximate surface area is 530 Å². The van der Waals surface area contributed by atoms with Crippen LogP contribution in [0, 0.1) is 0 Å². The first kappa shape index (κ1) is 60.2. The van der Waals surface area contributed by atoms with Gasteiger partial charge in [0.1, 0.15) is 18.1 Å². The van der Waals surface area contributed by atoms with Crippen molar-refractivity contribution in [1.82, 2.24) is 66.5 Å². The van der Waals surface area contributed by atoms with E-state index in [1.807, 2.05) is 60.7 Å². The zero-order valence-electron chi connectivity index (χ0n) is 50.2. The average Bonchev–Trinajstić information content (AvgIpc) is 1.68. The van der Waals surface area contributed by atoms with E-state index in [9.17, 15) is 47.9 Å². The number of carbonyl (C=O) groups is 10. The molecule has 6 atom stereocenters. The lowest BCUT2D eigenvalue weighted by atomic mass is 10.0. The molecule has 0 bridgehead atoms. The van der Waals surface area contributed by atoms with Crippen molar-refractivity contribution in [3.63, 3.8) is 0 Å². The summed E-state index contributed by atoms with van der Waals surface area (Å²) in [6.45, 7) is -0.885. The predicted octanol–water partition coefficient (Wildman–Crippen LogP) is 4.14. The number of nitrogens with one attached hydrogen (secondary N) is 7. The third kappa shape index (κ3) is 12.0. The lowest BCUT2D eigenvalue weighted by Crippen LogP contribution is -2.52. The number of hydrogen-bond acceptors (Lipinski definition) is 13. The van der Waals surface area contributed by atoms with Gasteiger partial charge in [0.15, 0.2) is 0 Å². The van der Waals surface area contributed by atoms with Crippen LogP contribution in [0.15, 0.2) is 158 Å². The fourth-order valence-electron chi connectivity index (χ4n) is 13.2. The van der Waals surface area contributed by atoms with Crippen LogP contribution < -0.4 is 37.6 Å². The van der Waals surface area contributed by atoms with Crippen LogP contribution in [0.1, 0.15) is 57.3 Å². The molecule has 24 heteroatoms. The van der Waals surface area contributed by atoms with Crippen LogP contribution in [0.5, 0.6) is 0 Å². The van der Waals surface area contributed by atoms with Crippen LogP contribution in [0.25, 0.3) is 76.8 Å². The van der Waals surface area contributed by atoms with Crippen LogP contribution in [0.3, 0.4) is 0 Å². The number of aromatic amines is 1. The van der Waals surface area contributed by atoms with Crippen molar-refractivity contribution in [2.45, 2.75) is 62.4 Å². The number of fused-ring (bicyclic) bond motifs is 7. The maximum Gasteiger partial charge on any atom is 0.254 e. The number of carbonyl (C=O) groups excluding carboxylic acids is 10. The monoisotopic (exact) mass is 1250 g/mol. The molecular weight excluding hydrogens is 1180 g/mol. The van der Waals surface area contributed by atoms with Gasteiger partial charge in [-0.1, -0.05) is 121 Å². The molecule has 4 aromatic heterocycles. The van der Waals surface area contributed by atoms with Crippen molar-refractivity contribution < 1.29 is 47.9 Å². The number of para-hydroxylation sites is 5. The van der Waals surface area contributed by atoms with Crippen molar-refractivity contribution >= 4 is 125 Å². The van der Waals surface area contributed by atoms with Gasteiger partial charge in [-0.2, -0.15) is 0 Å². The summed E-state index contributed by atoms with van der Waals surface area (Å²) < 4.78 is 0. The molecule has 3 aliphatic rings. The Bertz CT molecular complexity index is 4700. The van der Waals surface area contributed by atoms with Crippen molar-refractivity contribution in [2.75, 3.05) is 39.3 Å². The molecule has 3 aliphatic heterocycles. The highest BCUT2D eigenvalue weighted by molar-refractivity contribution is 6.21. The Balaban J connectivity index is 0.721. The molecule has 7 heterocycles. The van der Waals surface area contributed by atoms with Crippen LogP contribution in [-0.2, 0) is 33.6 Å². The largest absolute Gasteiger partial charge is 0.368 e. The number of amides is 10. The molecule has 3 saturated heterocycles. The van der Waals surface area contributed by atoms with Crippen molar-refractivity contribution in [3.05, 3.63) is 174 Å². The average molecular weight is 1250 g/mol. The van der Waals surface area contributed by atoms with E-state index in [-0.39, 0.29) is 55.6 Å². The zero-order chi connectivity index (χ0) is 64.6. The van der Waals surface area contributed by atoms with Gasteiger partial charge in [0.05, 0.1) is 75.1 Å². The fraction of sp³-hybridized carbons (Fsp3) is 0.232. The smallest absolute Gasteiger partial charge is 0.254 e. The van der Waals surface area contributed by atoms with E-state index < -0.39 is 115 Å². The first-order valence-corrected chi connectivity index (χ1v) is 30.5. The van der Waals surface area contributed by atoms with Crippen molar-refractivity contribution in [3.8, 4) is 11.3 Å². The minimum atomic E-state index is -1.30. The van der Waals surface area contributed by atoms with Gasteiger partial charge in [-0.05, 0) is 55.7 Å². The number of likely N-dealkylation sites (tertiary alicyclic amines) is 3. The molecule has 468 valence electrons. The molecule has 6 aromatic carbocycles. The Kier molecular flexibility index (Phi) is 16.4. The van der Waals surface area contributed by atoms with Gasteiger partial charge < -0.3 is 57.3 Å². The van der Waals surface area contributed by atoms with Gasteiger partial charge in [0, 0.05) is 82.7 Å². The Morgan fingerprint density at radius 2 is 0.882 bits per heavy atom. The Morgan fingerprint density at radius 1 is 0.462 bits per heavy atom. The third-order valence-electron chi connectivity index (χ3n) is 17.5. The second-order valence-corrected chi connectivity index (χ2v) is 23.5. The lowest BCUT2D eigenvalue weighted by Gasteiger charge is -2.26. The molecule has 0 radical (unpaired) electrons. The second kappa shape index (κ2) is 25.3. The highest BCUT2D eigenvalue weighted by Crippen LogP contribution is 2.33. The summed E-state index contributed by atoms with van der Waals surface area (Å²) in [5.74, 6) is -6.36. The number of nitrogens with zero attached hydrogens (tertiary/aromatic N) is 6. The van der Waals surface area contributed by atoms with Gasteiger partial charge in [-0.15, -0.1) is 0 Å². The van der Waals surface area contributed by atoms with Crippen LogP contribution in [0.2, 0.25) is 0 Å².